The van der Waals surface area contributed by atoms with Crippen LogP contribution < -0.4 is 0 Å². The fourth-order valence-electron chi connectivity index (χ4n) is 2.93. The Balaban J connectivity index is 1.52. The Hall–Kier alpha value is -1.55. The number of carbonyl (C=O) groups is 1. The molecule has 0 aromatic heterocycles. The van der Waals surface area contributed by atoms with E-state index in [1.165, 1.54) is 0 Å². The van der Waals surface area contributed by atoms with E-state index in [4.69, 9.17) is 9.47 Å². The Labute approximate surface area is 113 Å². The molecule has 102 valence electrons. The highest BCUT2D eigenvalue weighted by molar-refractivity contribution is 5.69. The summed E-state index contributed by atoms with van der Waals surface area (Å²) in [4.78, 5) is 13.9. The molecule has 1 heterocycles. The molecule has 0 spiro atoms. The number of piperidine rings is 1. The molecule has 1 aromatic rings. The number of nitrogens with zero attached hydrogens (tertiary/aromatic N) is 1. The van der Waals surface area contributed by atoms with Crippen LogP contribution in [-0.4, -0.2) is 36.8 Å². The second kappa shape index (κ2) is 5.21. The van der Waals surface area contributed by atoms with Gasteiger partial charge in [0.05, 0.1) is 6.10 Å². The van der Waals surface area contributed by atoms with Crippen molar-refractivity contribution in [3.05, 3.63) is 35.9 Å². The van der Waals surface area contributed by atoms with Crippen molar-refractivity contribution in [3.8, 4) is 0 Å². The molecular formula is C15H19NO3. The average molecular weight is 261 g/mol. The quantitative estimate of drug-likeness (QED) is 0.839. The van der Waals surface area contributed by atoms with E-state index < -0.39 is 0 Å². The molecule has 1 aliphatic heterocycles. The lowest BCUT2D eigenvalue weighted by atomic mass is 10.1. The van der Waals surface area contributed by atoms with Crippen LogP contribution in [0.5, 0.6) is 0 Å². The monoisotopic (exact) mass is 261 g/mol. The third kappa shape index (κ3) is 2.59. The predicted octanol–water partition coefficient (Wildman–Crippen LogP) is 2.43. The highest BCUT2D eigenvalue weighted by atomic mass is 16.6. The zero-order valence-electron chi connectivity index (χ0n) is 11.1. The predicted molar refractivity (Wildman–Crippen MR) is 70.6 cm³/mol. The number of hydrogen-bond donors (Lipinski definition) is 0. The van der Waals surface area contributed by atoms with Crippen LogP contribution >= 0.6 is 0 Å². The first-order valence-corrected chi connectivity index (χ1v) is 6.79. The van der Waals surface area contributed by atoms with Crippen molar-refractivity contribution < 1.29 is 14.3 Å². The van der Waals surface area contributed by atoms with E-state index in [1.54, 1.807) is 7.11 Å². The van der Waals surface area contributed by atoms with Crippen molar-refractivity contribution in [2.24, 2.45) is 5.92 Å². The zero-order valence-corrected chi connectivity index (χ0v) is 11.1. The summed E-state index contributed by atoms with van der Waals surface area (Å²) < 4.78 is 10.8. The van der Waals surface area contributed by atoms with E-state index in [-0.39, 0.29) is 6.09 Å². The number of amides is 1. The van der Waals surface area contributed by atoms with Gasteiger partial charge in [0.15, 0.2) is 0 Å². The highest BCUT2D eigenvalue weighted by Gasteiger charge is 2.52. The van der Waals surface area contributed by atoms with Gasteiger partial charge in [0.2, 0.25) is 0 Å². The van der Waals surface area contributed by atoms with Crippen LogP contribution in [0.25, 0.3) is 0 Å². The molecule has 2 fully saturated rings. The smallest absolute Gasteiger partial charge is 0.410 e. The summed E-state index contributed by atoms with van der Waals surface area (Å²) in [6.45, 7) is 1.09. The van der Waals surface area contributed by atoms with Crippen LogP contribution in [0, 0.1) is 5.92 Å². The third-order valence-corrected chi connectivity index (χ3v) is 4.08. The van der Waals surface area contributed by atoms with Gasteiger partial charge in [0.25, 0.3) is 0 Å². The third-order valence-electron chi connectivity index (χ3n) is 4.08. The van der Waals surface area contributed by atoms with Crippen LogP contribution in [0.15, 0.2) is 30.3 Å². The summed E-state index contributed by atoms with van der Waals surface area (Å²) in [5.74, 6) is 0.517. The van der Waals surface area contributed by atoms with Gasteiger partial charge >= 0.3 is 6.09 Å². The van der Waals surface area contributed by atoms with E-state index in [0.29, 0.717) is 24.7 Å². The number of benzene rings is 1. The lowest BCUT2D eigenvalue weighted by Gasteiger charge is -2.30. The van der Waals surface area contributed by atoms with Gasteiger partial charge < -0.3 is 14.4 Å². The molecule has 1 aromatic carbocycles. The second-order valence-electron chi connectivity index (χ2n) is 5.26. The molecule has 3 rings (SSSR count). The van der Waals surface area contributed by atoms with E-state index in [0.717, 1.165) is 24.9 Å². The lowest BCUT2D eigenvalue weighted by Crippen LogP contribution is -2.42. The zero-order chi connectivity index (χ0) is 13.2. The first kappa shape index (κ1) is 12.5. The molecular weight excluding hydrogens is 242 g/mol. The summed E-state index contributed by atoms with van der Waals surface area (Å²) in [7, 11) is 1.75. The minimum absolute atomic E-state index is 0.189. The minimum Gasteiger partial charge on any atom is -0.445 e. The van der Waals surface area contributed by atoms with Gasteiger partial charge in [0, 0.05) is 25.6 Å². The Morgan fingerprint density at radius 3 is 2.89 bits per heavy atom. The van der Waals surface area contributed by atoms with Gasteiger partial charge in [-0.15, -0.1) is 0 Å². The van der Waals surface area contributed by atoms with Crippen molar-refractivity contribution in [3.63, 3.8) is 0 Å². The number of likely N-dealkylation sites (tertiary alicyclic amines) is 1. The van der Waals surface area contributed by atoms with Gasteiger partial charge in [-0.1, -0.05) is 30.3 Å². The van der Waals surface area contributed by atoms with Crippen LogP contribution in [0.3, 0.4) is 0 Å². The number of carbonyl (C=O) groups excluding carboxylic acids is 1. The topological polar surface area (TPSA) is 38.8 Å². The number of methoxy groups -OCH3 is 1. The van der Waals surface area contributed by atoms with Crippen LogP contribution in [-0.2, 0) is 16.1 Å². The molecule has 2 aliphatic rings. The van der Waals surface area contributed by atoms with E-state index in [9.17, 15) is 4.79 Å². The maximum Gasteiger partial charge on any atom is 0.410 e. The lowest BCUT2D eigenvalue weighted by molar-refractivity contribution is 0.0261. The van der Waals surface area contributed by atoms with Crippen molar-refractivity contribution in [1.29, 1.82) is 0 Å². The molecule has 0 N–H and O–H groups in total. The van der Waals surface area contributed by atoms with Crippen LogP contribution in [0.1, 0.15) is 18.4 Å². The number of rotatable bonds is 3. The van der Waals surface area contributed by atoms with Crippen LogP contribution in [0.2, 0.25) is 0 Å². The number of hydrogen-bond acceptors (Lipinski definition) is 3. The molecule has 1 amide bonds. The maximum absolute atomic E-state index is 12.1. The summed E-state index contributed by atoms with van der Waals surface area (Å²) in [5.41, 5.74) is 1.02. The Bertz CT molecular complexity index is 448. The van der Waals surface area contributed by atoms with Gasteiger partial charge in [-0.05, 0) is 18.4 Å². The molecule has 1 saturated heterocycles. The SMILES string of the molecule is COC1CCN(C(=O)OCc2ccccc2)C2CC12. The number of fused-ring (bicyclic) bond motifs is 1. The molecule has 0 radical (unpaired) electrons. The summed E-state index contributed by atoms with van der Waals surface area (Å²) in [6, 6.07) is 10.1. The van der Waals surface area contributed by atoms with E-state index in [1.807, 2.05) is 35.2 Å². The van der Waals surface area contributed by atoms with Crippen LogP contribution in [0.4, 0.5) is 4.79 Å². The molecule has 4 heteroatoms. The van der Waals surface area contributed by atoms with Gasteiger partial charge in [0.1, 0.15) is 6.61 Å². The second-order valence-corrected chi connectivity index (χ2v) is 5.26. The largest absolute Gasteiger partial charge is 0.445 e. The van der Waals surface area contributed by atoms with Gasteiger partial charge in [-0.25, -0.2) is 4.79 Å². The molecule has 1 aliphatic carbocycles. The Morgan fingerprint density at radius 1 is 1.37 bits per heavy atom. The molecule has 1 saturated carbocycles. The van der Waals surface area contributed by atoms with Gasteiger partial charge in [-0.2, -0.15) is 0 Å². The van der Waals surface area contributed by atoms with Crippen molar-refractivity contribution in [2.45, 2.75) is 31.6 Å². The van der Waals surface area contributed by atoms with Crippen molar-refractivity contribution >= 4 is 6.09 Å². The first-order valence-electron chi connectivity index (χ1n) is 6.79. The van der Waals surface area contributed by atoms with Gasteiger partial charge in [-0.3, -0.25) is 0 Å². The molecule has 3 atom stereocenters. The standard InChI is InChI=1S/C15H19NO3/c1-18-14-7-8-16(13-9-12(13)14)15(17)19-10-11-5-3-2-4-6-11/h2-6,12-14H,7-10H2,1H3. The number of ether oxygens (including phenoxy) is 2. The first-order chi connectivity index (χ1) is 9.29. The van der Waals surface area contributed by atoms with E-state index >= 15 is 0 Å². The minimum atomic E-state index is -0.189. The average Bonchev–Trinajstić information content (AvgIpc) is 3.25. The van der Waals surface area contributed by atoms with Crippen molar-refractivity contribution in [1.82, 2.24) is 4.90 Å². The van der Waals surface area contributed by atoms with Crippen molar-refractivity contribution in [2.75, 3.05) is 13.7 Å². The summed E-state index contributed by atoms with van der Waals surface area (Å²) >= 11 is 0. The Morgan fingerprint density at radius 2 is 2.16 bits per heavy atom. The summed E-state index contributed by atoms with van der Waals surface area (Å²) in [5, 5.41) is 0. The molecule has 0 bridgehead atoms. The molecule has 4 nitrogen and oxygen atoms in total. The van der Waals surface area contributed by atoms with E-state index in [2.05, 4.69) is 0 Å². The maximum atomic E-state index is 12.1. The fourth-order valence-corrected chi connectivity index (χ4v) is 2.93. The normalized spacial score (nSPS) is 28.7. The molecule has 19 heavy (non-hydrogen) atoms. The summed E-state index contributed by atoms with van der Waals surface area (Å²) in [6.07, 6.45) is 2.10. The Kier molecular flexibility index (Phi) is 3.42. The molecule has 3 unspecified atom stereocenters. The fraction of sp³-hybridized carbons (Fsp3) is 0.533. The highest BCUT2D eigenvalue weighted by Crippen LogP contribution is 2.44.